The van der Waals surface area contributed by atoms with E-state index in [1.165, 1.54) is 16.9 Å². The molecule has 2 aromatic carbocycles. The van der Waals surface area contributed by atoms with Crippen LogP contribution in [0.4, 0.5) is 0 Å². The van der Waals surface area contributed by atoms with Crippen molar-refractivity contribution in [1.29, 1.82) is 0 Å². The summed E-state index contributed by atoms with van der Waals surface area (Å²) >= 11 is 1.43. The number of hydrogen-bond acceptors (Lipinski definition) is 4. The molecule has 1 N–H and O–H groups in total. The lowest BCUT2D eigenvalue weighted by Crippen LogP contribution is -2.26. The number of aromatic nitrogens is 1. The highest BCUT2D eigenvalue weighted by atomic mass is 32.1. The molecule has 0 aliphatic rings. The summed E-state index contributed by atoms with van der Waals surface area (Å²) in [5.41, 5.74) is 3.81. The first-order valence-electron chi connectivity index (χ1n) is 8.54. The van der Waals surface area contributed by atoms with Gasteiger partial charge in [0.2, 0.25) is 0 Å². The van der Waals surface area contributed by atoms with Gasteiger partial charge in [0.1, 0.15) is 23.1 Å². The molecule has 0 bridgehead atoms. The van der Waals surface area contributed by atoms with Crippen molar-refractivity contribution in [2.24, 2.45) is 0 Å². The smallest absolute Gasteiger partial charge is 0.271 e. The zero-order valence-corrected chi connectivity index (χ0v) is 16.0. The van der Waals surface area contributed by atoms with E-state index in [0.29, 0.717) is 12.3 Å². The van der Waals surface area contributed by atoms with Crippen LogP contribution in [0.2, 0.25) is 0 Å². The van der Waals surface area contributed by atoms with Crippen LogP contribution in [0.15, 0.2) is 53.9 Å². The summed E-state index contributed by atoms with van der Waals surface area (Å²) in [5.74, 6) is 0.680. The van der Waals surface area contributed by atoms with Crippen LogP contribution >= 0.6 is 11.3 Å². The molecule has 0 fully saturated rings. The Labute approximate surface area is 157 Å². The van der Waals surface area contributed by atoms with Gasteiger partial charge in [-0.25, -0.2) is 4.98 Å². The summed E-state index contributed by atoms with van der Waals surface area (Å²) in [6.45, 7) is 6.42. The maximum Gasteiger partial charge on any atom is 0.271 e. The van der Waals surface area contributed by atoms with Gasteiger partial charge in [0, 0.05) is 5.38 Å². The molecule has 0 aliphatic heterocycles. The van der Waals surface area contributed by atoms with Crippen molar-refractivity contribution in [2.75, 3.05) is 0 Å². The lowest BCUT2D eigenvalue weighted by Gasteiger charge is -2.13. The average Bonchev–Trinajstić information content (AvgIpc) is 3.13. The van der Waals surface area contributed by atoms with Crippen LogP contribution in [0.25, 0.3) is 0 Å². The molecule has 134 valence electrons. The molecular formula is C21H22N2O2S. The van der Waals surface area contributed by atoms with Crippen molar-refractivity contribution in [2.45, 2.75) is 33.4 Å². The van der Waals surface area contributed by atoms with Crippen LogP contribution in [0, 0.1) is 13.8 Å². The number of aryl methyl sites for hydroxylation is 1. The SMILES string of the molecule is Cc1cccc(OCc2nc(C(=O)N[C@H](C)c3ccccc3)cs2)c1C. The molecule has 0 radical (unpaired) electrons. The molecule has 1 atom stereocenters. The molecule has 5 heteroatoms. The molecule has 0 spiro atoms. The zero-order chi connectivity index (χ0) is 18.5. The second-order valence-electron chi connectivity index (χ2n) is 6.22. The summed E-state index contributed by atoms with van der Waals surface area (Å²) in [4.78, 5) is 16.8. The molecule has 3 aromatic rings. The lowest BCUT2D eigenvalue weighted by molar-refractivity contribution is 0.0935. The fourth-order valence-electron chi connectivity index (χ4n) is 2.60. The highest BCUT2D eigenvalue weighted by Gasteiger charge is 2.15. The van der Waals surface area contributed by atoms with Crippen molar-refractivity contribution < 1.29 is 9.53 Å². The van der Waals surface area contributed by atoms with Gasteiger partial charge < -0.3 is 10.1 Å². The minimum Gasteiger partial charge on any atom is -0.486 e. The predicted octanol–water partition coefficient (Wildman–Crippen LogP) is 4.83. The van der Waals surface area contributed by atoms with Crippen LogP contribution in [0.3, 0.4) is 0 Å². The van der Waals surface area contributed by atoms with E-state index in [1.807, 2.05) is 56.3 Å². The standard InChI is InChI=1S/C21H22N2O2S/c1-14-8-7-11-19(15(14)2)25-12-20-23-18(13-26-20)21(24)22-16(3)17-9-5-4-6-10-17/h4-11,13,16H,12H2,1-3H3,(H,22,24)/t16-/m1/s1. The first-order chi connectivity index (χ1) is 12.5. The summed E-state index contributed by atoms with van der Waals surface area (Å²) in [7, 11) is 0. The summed E-state index contributed by atoms with van der Waals surface area (Å²) in [5, 5.41) is 5.53. The van der Waals surface area contributed by atoms with Crippen LogP contribution in [-0.2, 0) is 6.61 Å². The Kier molecular flexibility index (Phi) is 5.68. The number of carbonyl (C=O) groups excluding carboxylic acids is 1. The molecule has 26 heavy (non-hydrogen) atoms. The Balaban J connectivity index is 1.60. The third kappa shape index (κ3) is 4.29. The molecular weight excluding hydrogens is 344 g/mol. The van der Waals surface area contributed by atoms with Gasteiger partial charge in [0.05, 0.1) is 6.04 Å². The third-order valence-electron chi connectivity index (χ3n) is 4.34. The van der Waals surface area contributed by atoms with Gasteiger partial charge in [-0.2, -0.15) is 0 Å². The van der Waals surface area contributed by atoms with Crippen molar-refractivity contribution in [1.82, 2.24) is 10.3 Å². The van der Waals surface area contributed by atoms with Gasteiger partial charge in [-0.15, -0.1) is 11.3 Å². The second-order valence-corrected chi connectivity index (χ2v) is 7.16. The molecule has 1 heterocycles. The van der Waals surface area contributed by atoms with E-state index in [2.05, 4.69) is 23.3 Å². The van der Waals surface area contributed by atoms with E-state index < -0.39 is 0 Å². The third-order valence-corrected chi connectivity index (χ3v) is 5.16. The molecule has 0 saturated carbocycles. The molecule has 0 unspecified atom stereocenters. The van der Waals surface area contributed by atoms with Crippen molar-refractivity contribution in [3.63, 3.8) is 0 Å². The molecule has 1 amide bonds. The average molecular weight is 366 g/mol. The Morgan fingerprint density at radius 2 is 1.92 bits per heavy atom. The largest absolute Gasteiger partial charge is 0.486 e. The van der Waals surface area contributed by atoms with Crippen molar-refractivity contribution in [3.05, 3.63) is 81.3 Å². The second kappa shape index (κ2) is 8.15. The topological polar surface area (TPSA) is 51.2 Å². The van der Waals surface area contributed by atoms with E-state index in [9.17, 15) is 4.79 Å². The van der Waals surface area contributed by atoms with Gasteiger partial charge >= 0.3 is 0 Å². The number of nitrogens with one attached hydrogen (secondary N) is 1. The predicted molar refractivity (Wildman–Crippen MR) is 105 cm³/mol. The fraction of sp³-hybridized carbons (Fsp3) is 0.238. The molecule has 0 saturated heterocycles. The van der Waals surface area contributed by atoms with Crippen molar-refractivity contribution in [3.8, 4) is 5.75 Å². The minimum atomic E-state index is -0.171. The van der Waals surface area contributed by atoms with Gasteiger partial charge in [-0.05, 0) is 43.5 Å². The van der Waals surface area contributed by atoms with E-state index in [4.69, 9.17) is 4.74 Å². The van der Waals surface area contributed by atoms with Crippen LogP contribution < -0.4 is 10.1 Å². The lowest BCUT2D eigenvalue weighted by atomic mass is 10.1. The number of rotatable bonds is 6. The first kappa shape index (κ1) is 18.1. The normalized spacial score (nSPS) is 11.8. The highest BCUT2D eigenvalue weighted by Crippen LogP contribution is 2.22. The monoisotopic (exact) mass is 366 g/mol. The Bertz CT molecular complexity index is 890. The number of benzene rings is 2. The van der Waals surface area contributed by atoms with E-state index in [-0.39, 0.29) is 11.9 Å². The van der Waals surface area contributed by atoms with Gasteiger partial charge in [0.15, 0.2) is 0 Å². The van der Waals surface area contributed by atoms with Crippen LogP contribution in [-0.4, -0.2) is 10.9 Å². The number of ether oxygens (including phenoxy) is 1. The molecule has 3 rings (SSSR count). The first-order valence-corrected chi connectivity index (χ1v) is 9.42. The summed E-state index contributed by atoms with van der Waals surface area (Å²) < 4.78 is 5.86. The Hall–Kier alpha value is -2.66. The highest BCUT2D eigenvalue weighted by molar-refractivity contribution is 7.09. The summed E-state index contributed by atoms with van der Waals surface area (Å²) in [6.07, 6.45) is 0. The molecule has 0 aliphatic carbocycles. The van der Waals surface area contributed by atoms with Gasteiger partial charge in [-0.3, -0.25) is 4.79 Å². The maximum atomic E-state index is 12.4. The zero-order valence-electron chi connectivity index (χ0n) is 15.2. The quantitative estimate of drug-likeness (QED) is 0.680. The van der Waals surface area contributed by atoms with E-state index in [0.717, 1.165) is 21.9 Å². The number of thiazole rings is 1. The number of nitrogens with zero attached hydrogens (tertiary/aromatic N) is 1. The van der Waals surface area contributed by atoms with Crippen molar-refractivity contribution >= 4 is 17.2 Å². The van der Waals surface area contributed by atoms with E-state index in [1.54, 1.807) is 5.38 Å². The Morgan fingerprint density at radius 3 is 2.69 bits per heavy atom. The Morgan fingerprint density at radius 1 is 1.15 bits per heavy atom. The minimum absolute atomic E-state index is 0.0694. The number of amides is 1. The summed E-state index contributed by atoms with van der Waals surface area (Å²) in [6, 6.07) is 15.8. The number of carbonyl (C=O) groups is 1. The number of hydrogen-bond donors (Lipinski definition) is 1. The van der Waals surface area contributed by atoms with Crippen LogP contribution in [0.5, 0.6) is 5.75 Å². The fourth-order valence-corrected chi connectivity index (χ4v) is 3.28. The maximum absolute atomic E-state index is 12.4. The molecule has 4 nitrogen and oxygen atoms in total. The van der Waals surface area contributed by atoms with Gasteiger partial charge in [-0.1, -0.05) is 42.5 Å². The van der Waals surface area contributed by atoms with Gasteiger partial charge in [0.25, 0.3) is 5.91 Å². The van der Waals surface area contributed by atoms with E-state index >= 15 is 0 Å². The van der Waals surface area contributed by atoms with Crippen LogP contribution in [0.1, 0.15) is 45.2 Å². The molecule has 1 aromatic heterocycles.